The Morgan fingerprint density at radius 1 is 0.900 bits per heavy atom. The third-order valence-electron chi connectivity index (χ3n) is 10.6. The van der Waals surface area contributed by atoms with Crippen molar-refractivity contribution in [3.05, 3.63) is 0 Å². The number of hydrogen-bond donors (Lipinski definition) is 0. The van der Waals surface area contributed by atoms with Crippen molar-refractivity contribution in [2.24, 2.45) is 52.3 Å². The zero-order valence-electron chi connectivity index (χ0n) is 20.7. The van der Waals surface area contributed by atoms with E-state index in [9.17, 15) is 4.79 Å². The molecule has 0 amide bonds. The monoisotopic (exact) mass is 418 g/mol. The molecule has 0 aromatic carbocycles. The van der Waals surface area contributed by atoms with Crippen molar-refractivity contribution in [1.29, 1.82) is 0 Å². The number of fused-ring (bicyclic) bond motifs is 5. The minimum absolute atomic E-state index is 0. The molecule has 4 fully saturated rings. The van der Waals surface area contributed by atoms with E-state index in [0.29, 0.717) is 46.2 Å². The molecule has 176 valence electrons. The molecular weight excluding hydrogens is 364 g/mol. The van der Waals surface area contributed by atoms with Gasteiger partial charge in [-0.2, -0.15) is 0 Å². The third kappa shape index (κ3) is 3.83. The van der Waals surface area contributed by atoms with Crippen LogP contribution < -0.4 is 0 Å². The highest BCUT2D eigenvalue weighted by atomic mass is 16.1. The summed E-state index contributed by atoms with van der Waals surface area (Å²) in [5.41, 5.74) is 0.882. The summed E-state index contributed by atoms with van der Waals surface area (Å²) in [5.74, 6) is 5.22. The molecule has 0 saturated heterocycles. The Hall–Kier alpha value is -0.330. The second kappa shape index (κ2) is 10.1. The Kier molecular flexibility index (Phi) is 8.71. The summed E-state index contributed by atoms with van der Waals surface area (Å²) in [5, 5.41) is 0. The van der Waals surface area contributed by atoms with Gasteiger partial charge >= 0.3 is 0 Å². The van der Waals surface area contributed by atoms with Crippen molar-refractivity contribution in [1.82, 2.24) is 0 Å². The van der Waals surface area contributed by atoms with E-state index < -0.39 is 0 Å². The molecule has 8 unspecified atom stereocenters. The fraction of sp³-hybridized carbons (Fsp3) is 0.966. The Morgan fingerprint density at radius 2 is 1.57 bits per heavy atom. The Bertz CT molecular complexity index is 567. The smallest absolute Gasteiger partial charge is 0.139 e. The van der Waals surface area contributed by atoms with E-state index in [-0.39, 0.29) is 7.43 Å². The summed E-state index contributed by atoms with van der Waals surface area (Å²) in [6, 6.07) is 0. The minimum atomic E-state index is 0. The molecule has 0 heterocycles. The first kappa shape index (κ1) is 25.9. The van der Waals surface area contributed by atoms with Crippen LogP contribution in [0.4, 0.5) is 0 Å². The average molecular weight is 419 g/mol. The van der Waals surface area contributed by atoms with Gasteiger partial charge < -0.3 is 0 Å². The maximum absolute atomic E-state index is 13.9. The van der Waals surface area contributed by atoms with Crippen LogP contribution in [-0.2, 0) is 4.79 Å². The topological polar surface area (TPSA) is 17.1 Å². The fourth-order valence-corrected chi connectivity index (χ4v) is 9.35. The van der Waals surface area contributed by atoms with Crippen LogP contribution in [-0.4, -0.2) is 5.78 Å². The quantitative estimate of drug-likeness (QED) is 0.445. The number of ketones is 1. The molecule has 4 aliphatic carbocycles. The molecule has 4 saturated carbocycles. The van der Waals surface area contributed by atoms with Crippen LogP contribution in [0.3, 0.4) is 0 Å². The van der Waals surface area contributed by atoms with Crippen LogP contribution in [0, 0.1) is 52.3 Å². The molecule has 0 aliphatic heterocycles. The summed E-state index contributed by atoms with van der Waals surface area (Å²) < 4.78 is 0. The van der Waals surface area contributed by atoms with Crippen LogP contribution in [0.5, 0.6) is 0 Å². The second-order valence-electron chi connectivity index (χ2n) is 11.5. The molecule has 9 atom stereocenters. The van der Waals surface area contributed by atoms with E-state index >= 15 is 0 Å². The lowest BCUT2D eigenvalue weighted by molar-refractivity contribution is -0.168. The molecule has 4 rings (SSSR count). The van der Waals surface area contributed by atoms with Crippen molar-refractivity contribution in [3.8, 4) is 0 Å². The lowest BCUT2D eigenvalue weighted by atomic mass is 9.42. The molecule has 0 spiro atoms. The van der Waals surface area contributed by atoms with Crippen LogP contribution in [0.2, 0.25) is 0 Å². The van der Waals surface area contributed by atoms with Gasteiger partial charge in [-0.3, -0.25) is 4.79 Å². The van der Waals surface area contributed by atoms with E-state index in [1.54, 1.807) is 0 Å². The van der Waals surface area contributed by atoms with Gasteiger partial charge in [0.2, 0.25) is 0 Å². The van der Waals surface area contributed by atoms with Gasteiger partial charge in [-0.25, -0.2) is 0 Å². The lowest BCUT2D eigenvalue weighted by Crippen LogP contribution is -2.59. The molecule has 30 heavy (non-hydrogen) atoms. The summed E-state index contributed by atoms with van der Waals surface area (Å²) in [4.78, 5) is 13.9. The van der Waals surface area contributed by atoms with Crippen LogP contribution in [0.15, 0.2) is 0 Å². The number of rotatable bonds is 4. The highest BCUT2D eigenvalue weighted by molar-refractivity contribution is 5.86. The Labute approximate surface area is 189 Å². The molecule has 0 aromatic rings. The fourth-order valence-electron chi connectivity index (χ4n) is 9.35. The van der Waals surface area contributed by atoms with Gasteiger partial charge in [-0.05, 0) is 85.4 Å². The number of carbonyl (C=O) groups excluding carboxylic acids is 1. The predicted octanol–water partition coefficient (Wildman–Crippen LogP) is 8.95. The third-order valence-corrected chi connectivity index (χ3v) is 10.6. The van der Waals surface area contributed by atoms with Gasteiger partial charge in [0.1, 0.15) is 5.78 Å². The summed E-state index contributed by atoms with van der Waals surface area (Å²) in [6.07, 6.45) is 14.7. The molecule has 4 aliphatic rings. The number of carbonyl (C=O) groups is 1. The Balaban J connectivity index is 0.00000104. The zero-order chi connectivity index (χ0) is 21.4. The van der Waals surface area contributed by atoms with Crippen LogP contribution in [0.25, 0.3) is 0 Å². The van der Waals surface area contributed by atoms with Crippen molar-refractivity contribution in [3.63, 3.8) is 0 Å². The van der Waals surface area contributed by atoms with Gasteiger partial charge in [0.25, 0.3) is 0 Å². The first-order chi connectivity index (χ1) is 13.9. The summed E-state index contributed by atoms with van der Waals surface area (Å²) in [6.45, 7) is 16.3. The normalized spacial score (nSPS) is 45.8. The standard InChI is InChI=1S/C26H44O.C2H6.CH4/c1-6-10-17(3)19-12-13-21-23-22(14-16-26(19,21)5)25(4)15-9-8-11-20(25)18(7-2)24(23)27;1-2;/h17-23H,6-16H2,1-5H3;1-2H3;1H4/t17-,18?,19?,20?,21?,22?,23?,25?,26?;;/m1../s1. The Morgan fingerprint density at radius 3 is 2.20 bits per heavy atom. The SMILES string of the molecule is C.CC.CCC[C@@H](C)C1CCC2C3C(=O)C(CC)C4CCCCC4(C)C3CCC21C. The van der Waals surface area contributed by atoms with E-state index in [4.69, 9.17) is 0 Å². The highest BCUT2D eigenvalue weighted by Crippen LogP contribution is 2.68. The van der Waals surface area contributed by atoms with Crippen LogP contribution >= 0.6 is 0 Å². The van der Waals surface area contributed by atoms with E-state index in [1.807, 2.05) is 13.8 Å². The van der Waals surface area contributed by atoms with Gasteiger partial charge in [-0.15, -0.1) is 0 Å². The summed E-state index contributed by atoms with van der Waals surface area (Å²) in [7, 11) is 0. The number of hydrogen-bond acceptors (Lipinski definition) is 1. The van der Waals surface area contributed by atoms with Gasteiger partial charge in [0.15, 0.2) is 0 Å². The van der Waals surface area contributed by atoms with Crippen molar-refractivity contribution in [2.75, 3.05) is 0 Å². The molecule has 0 radical (unpaired) electrons. The largest absolute Gasteiger partial charge is 0.299 e. The van der Waals surface area contributed by atoms with Crippen molar-refractivity contribution >= 4 is 5.78 Å². The van der Waals surface area contributed by atoms with Gasteiger partial charge in [-0.1, -0.05) is 81.6 Å². The highest BCUT2D eigenvalue weighted by Gasteiger charge is 2.64. The molecule has 1 heteroatoms. The van der Waals surface area contributed by atoms with E-state index in [2.05, 4.69) is 34.6 Å². The van der Waals surface area contributed by atoms with Crippen molar-refractivity contribution < 1.29 is 4.79 Å². The lowest BCUT2D eigenvalue weighted by Gasteiger charge is -2.62. The average Bonchev–Trinajstić information content (AvgIpc) is 3.07. The molecule has 1 nitrogen and oxygen atoms in total. The first-order valence-electron chi connectivity index (χ1n) is 13.4. The molecule has 0 N–H and O–H groups in total. The molecule has 0 bridgehead atoms. The second-order valence-corrected chi connectivity index (χ2v) is 11.5. The number of Topliss-reactive ketones (excluding diaryl/α,β-unsaturated/α-hetero) is 1. The van der Waals surface area contributed by atoms with Crippen molar-refractivity contribution in [2.45, 2.75) is 127 Å². The molecular formula is C29H54O. The van der Waals surface area contributed by atoms with E-state index in [0.717, 1.165) is 18.3 Å². The van der Waals surface area contributed by atoms with Gasteiger partial charge in [0, 0.05) is 11.8 Å². The van der Waals surface area contributed by atoms with Gasteiger partial charge in [0.05, 0.1) is 0 Å². The van der Waals surface area contributed by atoms with E-state index in [1.165, 1.54) is 64.2 Å². The maximum Gasteiger partial charge on any atom is 0.139 e. The minimum Gasteiger partial charge on any atom is -0.299 e. The first-order valence-corrected chi connectivity index (χ1v) is 13.4. The maximum atomic E-state index is 13.9. The molecule has 0 aromatic heterocycles. The van der Waals surface area contributed by atoms with Crippen LogP contribution in [0.1, 0.15) is 127 Å². The zero-order valence-corrected chi connectivity index (χ0v) is 20.7. The summed E-state index contributed by atoms with van der Waals surface area (Å²) >= 11 is 0. The predicted molar refractivity (Wildman–Crippen MR) is 132 cm³/mol.